The molecule has 4 rings (SSSR count). The maximum absolute atomic E-state index is 12.7. The lowest BCUT2D eigenvalue weighted by Crippen LogP contribution is -2.50. The smallest absolute Gasteiger partial charge is 0.267 e. The van der Waals surface area contributed by atoms with Gasteiger partial charge in [0.1, 0.15) is 23.8 Å². The van der Waals surface area contributed by atoms with Gasteiger partial charge >= 0.3 is 0 Å². The second-order valence-electron chi connectivity index (χ2n) is 6.33. The minimum Gasteiger partial charge on any atom is -0.485 e. The van der Waals surface area contributed by atoms with Gasteiger partial charge in [0, 0.05) is 19.1 Å². The Balaban J connectivity index is 1.32. The van der Waals surface area contributed by atoms with Gasteiger partial charge in [0.15, 0.2) is 11.5 Å². The fraction of sp³-hybridized carbons (Fsp3) is 0.389. The number of likely N-dealkylation sites (tertiary alicyclic amines) is 1. The summed E-state index contributed by atoms with van der Waals surface area (Å²) < 4.78 is 11.5. The van der Waals surface area contributed by atoms with Crippen LogP contribution in [0.25, 0.3) is 0 Å². The number of amides is 1. The molecule has 8 heteroatoms. The average molecular weight is 375 g/mol. The lowest BCUT2D eigenvalue weighted by atomic mass is 10.0. The fourth-order valence-corrected chi connectivity index (χ4v) is 3.36. The lowest BCUT2D eigenvalue weighted by molar-refractivity contribution is -0.142. The molecule has 1 aromatic heterocycles. The van der Waals surface area contributed by atoms with Crippen molar-refractivity contribution in [3.8, 4) is 11.5 Å². The molecule has 1 N–H and O–H groups in total. The van der Waals surface area contributed by atoms with Crippen molar-refractivity contribution in [2.45, 2.75) is 25.0 Å². The summed E-state index contributed by atoms with van der Waals surface area (Å²) >= 11 is 6.08. The number of halogens is 1. The predicted octanol–water partition coefficient (Wildman–Crippen LogP) is 2.37. The van der Waals surface area contributed by atoms with Crippen LogP contribution in [0.2, 0.25) is 5.02 Å². The van der Waals surface area contributed by atoms with Crippen LogP contribution in [0.5, 0.6) is 11.5 Å². The maximum atomic E-state index is 12.7. The highest BCUT2D eigenvalue weighted by Gasteiger charge is 2.33. The zero-order valence-corrected chi connectivity index (χ0v) is 14.9. The molecule has 0 saturated carbocycles. The van der Waals surface area contributed by atoms with E-state index in [1.54, 1.807) is 6.20 Å². The van der Waals surface area contributed by atoms with Gasteiger partial charge in [-0.2, -0.15) is 0 Å². The summed E-state index contributed by atoms with van der Waals surface area (Å²) in [5, 5.41) is 3.82. The summed E-state index contributed by atoms with van der Waals surface area (Å²) in [5.74, 6) is 1.90. The third-order valence-electron chi connectivity index (χ3n) is 4.60. The number of fused-ring (bicyclic) bond motifs is 1. The number of ether oxygens (including phenoxy) is 2. The third-order valence-corrected chi connectivity index (χ3v) is 4.88. The van der Waals surface area contributed by atoms with E-state index in [9.17, 15) is 4.79 Å². The predicted molar refractivity (Wildman–Crippen MR) is 96.6 cm³/mol. The molecule has 0 radical (unpaired) electrons. The van der Waals surface area contributed by atoms with E-state index in [0.717, 1.165) is 12.8 Å². The summed E-state index contributed by atoms with van der Waals surface area (Å²) in [6.07, 6.45) is 4.07. The Hall–Kier alpha value is -2.54. The molecule has 1 unspecified atom stereocenters. The van der Waals surface area contributed by atoms with Crippen LogP contribution in [-0.4, -0.2) is 52.6 Å². The van der Waals surface area contributed by atoms with Gasteiger partial charge < -0.3 is 19.7 Å². The molecular weight excluding hydrogens is 356 g/mol. The molecule has 2 aliphatic rings. The van der Waals surface area contributed by atoms with E-state index in [1.165, 1.54) is 6.33 Å². The van der Waals surface area contributed by atoms with Gasteiger partial charge in [-0.05, 0) is 25.0 Å². The molecule has 0 spiro atoms. The Labute approximate surface area is 156 Å². The van der Waals surface area contributed by atoms with Crippen molar-refractivity contribution >= 4 is 23.3 Å². The van der Waals surface area contributed by atoms with E-state index in [4.69, 9.17) is 21.1 Å². The summed E-state index contributed by atoms with van der Waals surface area (Å²) in [7, 11) is 0. The number of para-hydroxylation sites is 2. The molecule has 136 valence electrons. The third kappa shape index (κ3) is 3.53. The first-order chi connectivity index (χ1) is 12.7. The molecule has 26 heavy (non-hydrogen) atoms. The topological polar surface area (TPSA) is 76.6 Å². The largest absolute Gasteiger partial charge is 0.485 e. The minimum absolute atomic E-state index is 0.0296. The van der Waals surface area contributed by atoms with Crippen molar-refractivity contribution < 1.29 is 14.3 Å². The van der Waals surface area contributed by atoms with Gasteiger partial charge in [0.25, 0.3) is 5.91 Å². The number of rotatable bonds is 3. The van der Waals surface area contributed by atoms with E-state index < -0.39 is 6.10 Å². The Morgan fingerprint density at radius 3 is 2.77 bits per heavy atom. The van der Waals surface area contributed by atoms with Crippen molar-refractivity contribution in [2.24, 2.45) is 0 Å². The number of carbonyl (C=O) groups excluding carboxylic acids is 1. The second-order valence-corrected chi connectivity index (χ2v) is 6.73. The van der Waals surface area contributed by atoms with Crippen LogP contribution in [0, 0.1) is 0 Å². The van der Waals surface area contributed by atoms with E-state index in [-0.39, 0.29) is 18.6 Å². The molecule has 1 saturated heterocycles. The van der Waals surface area contributed by atoms with Gasteiger partial charge in [-0.3, -0.25) is 4.79 Å². The molecule has 2 aromatic rings. The summed E-state index contributed by atoms with van der Waals surface area (Å²) in [4.78, 5) is 22.6. The highest BCUT2D eigenvalue weighted by atomic mass is 35.5. The van der Waals surface area contributed by atoms with Crippen LogP contribution >= 0.6 is 11.6 Å². The van der Waals surface area contributed by atoms with Gasteiger partial charge in [-0.15, -0.1) is 0 Å². The molecule has 1 aromatic carbocycles. The van der Waals surface area contributed by atoms with Crippen LogP contribution in [0.1, 0.15) is 12.8 Å². The zero-order valence-electron chi connectivity index (χ0n) is 14.1. The summed E-state index contributed by atoms with van der Waals surface area (Å²) in [6, 6.07) is 7.62. The number of nitrogens with zero attached hydrogens (tertiary/aromatic N) is 3. The first-order valence-corrected chi connectivity index (χ1v) is 8.98. The molecule has 0 aliphatic carbocycles. The SMILES string of the molecule is O=C(C1COc2ccccc2O1)N1CCC(Nc2ncncc2Cl)CC1. The number of hydrogen-bond donors (Lipinski definition) is 1. The van der Waals surface area contributed by atoms with Gasteiger partial charge in [-0.25, -0.2) is 9.97 Å². The van der Waals surface area contributed by atoms with Crippen LogP contribution in [0.15, 0.2) is 36.8 Å². The van der Waals surface area contributed by atoms with E-state index in [0.29, 0.717) is 35.4 Å². The molecule has 1 fully saturated rings. The Kier molecular flexibility index (Phi) is 4.79. The maximum Gasteiger partial charge on any atom is 0.267 e. The first kappa shape index (κ1) is 16.9. The van der Waals surface area contributed by atoms with E-state index in [1.807, 2.05) is 29.2 Å². The van der Waals surface area contributed by atoms with E-state index >= 15 is 0 Å². The molecule has 0 bridgehead atoms. The lowest BCUT2D eigenvalue weighted by Gasteiger charge is -2.35. The van der Waals surface area contributed by atoms with Crippen LogP contribution in [0.4, 0.5) is 5.82 Å². The number of piperidine rings is 1. The molecule has 7 nitrogen and oxygen atoms in total. The zero-order chi connectivity index (χ0) is 17.9. The van der Waals surface area contributed by atoms with Gasteiger partial charge in [0.2, 0.25) is 6.10 Å². The van der Waals surface area contributed by atoms with Crippen molar-refractivity contribution in [1.29, 1.82) is 0 Å². The number of benzene rings is 1. The molecule has 2 aliphatic heterocycles. The number of carbonyl (C=O) groups is 1. The standard InChI is InChI=1S/C18H19ClN4O3/c19-13-9-20-11-21-17(13)22-12-5-7-23(8-6-12)18(24)16-10-25-14-3-1-2-4-15(14)26-16/h1-4,9,11-12,16H,5-8,10H2,(H,20,21,22). The fourth-order valence-electron chi connectivity index (χ4n) is 3.20. The average Bonchev–Trinajstić information content (AvgIpc) is 2.69. The molecule has 1 atom stereocenters. The van der Waals surface area contributed by atoms with Crippen LogP contribution in [0.3, 0.4) is 0 Å². The number of hydrogen-bond acceptors (Lipinski definition) is 6. The van der Waals surface area contributed by atoms with Gasteiger partial charge in [0.05, 0.1) is 6.20 Å². The highest BCUT2D eigenvalue weighted by molar-refractivity contribution is 6.32. The first-order valence-electron chi connectivity index (χ1n) is 8.60. The number of aromatic nitrogens is 2. The molecule has 1 amide bonds. The summed E-state index contributed by atoms with van der Waals surface area (Å²) in [6.45, 7) is 1.55. The van der Waals surface area contributed by atoms with Crippen molar-refractivity contribution in [3.63, 3.8) is 0 Å². The Morgan fingerprint density at radius 2 is 2.00 bits per heavy atom. The van der Waals surface area contributed by atoms with Crippen LogP contribution < -0.4 is 14.8 Å². The summed E-state index contributed by atoms with van der Waals surface area (Å²) in [5.41, 5.74) is 0. The highest BCUT2D eigenvalue weighted by Crippen LogP contribution is 2.31. The van der Waals surface area contributed by atoms with Crippen molar-refractivity contribution in [1.82, 2.24) is 14.9 Å². The molecular formula is C18H19ClN4O3. The van der Waals surface area contributed by atoms with E-state index in [2.05, 4.69) is 15.3 Å². The van der Waals surface area contributed by atoms with Crippen molar-refractivity contribution in [2.75, 3.05) is 25.0 Å². The Morgan fingerprint density at radius 1 is 1.23 bits per heavy atom. The van der Waals surface area contributed by atoms with Crippen LogP contribution in [-0.2, 0) is 4.79 Å². The Bertz CT molecular complexity index is 796. The number of nitrogens with one attached hydrogen (secondary N) is 1. The molecule has 3 heterocycles. The minimum atomic E-state index is -0.592. The second kappa shape index (κ2) is 7.37. The normalized spacial score (nSPS) is 19.9. The quantitative estimate of drug-likeness (QED) is 0.888. The van der Waals surface area contributed by atoms with Crippen molar-refractivity contribution in [3.05, 3.63) is 41.8 Å². The monoisotopic (exact) mass is 374 g/mol. The number of anilines is 1. The van der Waals surface area contributed by atoms with Gasteiger partial charge in [-0.1, -0.05) is 23.7 Å².